The van der Waals surface area contributed by atoms with Crippen molar-refractivity contribution in [3.05, 3.63) is 48.3 Å². The summed E-state index contributed by atoms with van der Waals surface area (Å²) in [6, 6.07) is 10.3. The molecule has 0 saturated carbocycles. The molecule has 1 aliphatic heterocycles. The number of nitrogens with zero attached hydrogens (tertiary/aromatic N) is 2. The third kappa shape index (κ3) is 5.94. The summed E-state index contributed by atoms with van der Waals surface area (Å²) in [5, 5.41) is 8.95. The average Bonchev–Trinajstić information content (AvgIpc) is 2.65. The number of pyridine rings is 1. The monoisotopic (exact) mass is 398 g/mol. The summed E-state index contributed by atoms with van der Waals surface area (Å²) >= 11 is 0. The van der Waals surface area contributed by atoms with E-state index in [0.717, 1.165) is 30.4 Å². The second-order valence-corrected chi connectivity index (χ2v) is 8.36. The summed E-state index contributed by atoms with van der Waals surface area (Å²) in [6.45, 7) is 6.93. The molecule has 1 atom stereocenters. The van der Waals surface area contributed by atoms with Crippen LogP contribution in [0.1, 0.15) is 39.2 Å². The summed E-state index contributed by atoms with van der Waals surface area (Å²) in [5.41, 5.74) is 2.75. The van der Waals surface area contributed by atoms with E-state index in [1.807, 2.05) is 33.0 Å². The minimum atomic E-state index is -0.496. The van der Waals surface area contributed by atoms with Gasteiger partial charge in [0.25, 0.3) is 0 Å². The highest BCUT2D eigenvalue weighted by atomic mass is 16.6. The lowest BCUT2D eigenvalue weighted by Gasteiger charge is -2.40. The fraction of sp³-hybridized carbons (Fsp3) is 0.478. The number of hydrogen-bond donors (Lipinski definition) is 1. The smallest absolute Gasteiger partial charge is 0.410 e. The van der Waals surface area contributed by atoms with Gasteiger partial charge in [0.05, 0.1) is 12.2 Å². The van der Waals surface area contributed by atoms with E-state index in [1.54, 1.807) is 11.1 Å². The Morgan fingerprint density at radius 2 is 1.97 bits per heavy atom. The lowest BCUT2D eigenvalue weighted by atomic mass is 10.0. The van der Waals surface area contributed by atoms with Crippen LogP contribution >= 0.6 is 0 Å². The molecule has 3 rings (SSSR count). The number of carbonyl (C=O) groups is 1. The number of hydrogen-bond acceptors (Lipinski definition) is 5. The minimum absolute atomic E-state index is 0.0271. The van der Waals surface area contributed by atoms with E-state index in [-0.39, 0.29) is 18.7 Å². The largest absolute Gasteiger partial charge is 0.490 e. The van der Waals surface area contributed by atoms with Gasteiger partial charge in [-0.3, -0.25) is 4.98 Å². The summed E-state index contributed by atoms with van der Waals surface area (Å²) in [6.07, 6.45) is 5.76. The Morgan fingerprint density at radius 1 is 1.21 bits per heavy atom. The quantitative estimate of drug-likeness (QED) is 0.761. The van der Waals surface area contributed by atoms with Gasteiger partial charge in [0.2, 0.25) is 0 Å². The maximum Gasteiger partial charge on any atom is 0.410 e. The molecule has 1 aliphatic rings. The third-order valence-electron chi connectivity index (χ3n) is 4.84. The van der Waals surface area contributed by atoms with E-state index in [2.05, 4.69) is 29.2 Å². The molecule has 1 amide bonds. The van der Waals surface area contributed by atoms with E-state index in [4.69, 9.17) is 14.6 Å². The van der Waals surface area contributed by atoms with E-state index >= 15 is 0 Å². The molecule has 0 bridgehead atoms. The number of carbonyl (C=O) groups excluding carboxylic acids is 1. The van der Waals surface area contributed by atoms with Crippen LogP contribution in [-0.2, 0) is 11.2 Å². The van der Waals surface area contributed by atoms with E-state index in [9.17, 15) is 4.79 Å². The lowest BCUT2D eigenvalue weighted by Crippen LogP contribution is -2.55. The first-order chi connectivity index (χ1) is 13.9. The Balaban J connectivity index is 1.57. The van der Waals surface area contributed by atoms with Gasteiger partial charge in [-0.15, -0.1) is 0 Å². The fourth-order valence-electron chi connectivity index (χ4n) is 3.17. The van der Waals surface area contributed by atoms with Crippen molar-refractivity contribution in [2.45, 2.75) is 51.7 Å². The molecule has 0 spiro atoms. The molecular formula is C23H30N2O4. The molecule has 156 valence electrons. The van der Waals surface area contributed by atoms with Gasteiger partial charge >= 0.3 is 6.09 Å². The van der Waals surface area contributed by atoms with Crippen LogP contribution in [0.3, 0.4) is 0 Å². The van der Waals surface area contributed by atoms with Crippen LogP contribution in [0, 0.1) is 0 Å². The Hall–Kier alpha value is -2.60. The zero-order valence-electron chi connectivity index (χ0n) is 17.4. The van der Waals surface area contributed by atoms with Crippen LogP contribution < -0.4 is 4.74 Å². The number of aliphatic hydroxyl groups excluding tert-OH is 1. The van der Waals surface area contributed by atoms with Gasteiger partial charge in [0.1, 0.15) is 18.0 Å². The van der Waals surface area contributed by atoms with Gasteiger partial charge in [0, 0.05) is 24.9 Å². The average molecular weight is 399 g/mol. The van der Waals surface area contributed by atoms with Crippen molar-refractivity contribution in [1.29, 1.82) is 0 Å². The SMILES string of the molecule is CC(C)(C)OC(=O)N1CCC1COc1cncc(-c2ccc(CCCO)cc2)c1. The number of aliphatic hydroxyl groups is 1. The maximum atomic E-state index is 12.2. The molecule has 1 N–H and O–H groups in total. The van der Waals surface area contributed by atoms with Crippen molar-refractivity contribution in [2.24, 2.45) is 0 Å². The van der Waals surface area contributed by atoms with Gasteiger partial charge in [0.15, 0.2) is 0 Å². The summed E-state index contributed by atoms with van der Waals surface area (Å²) in [7, 11) is 0. The summed E-state index contributed by atoms with van der Waals surface area (Å²) in [5.74, 6) is 0.683. The van der Waals surface area contributed by atoms with Crippen LogP contribution in [-0.4, -0.2) is 52.5 Å². The van der Waals surface area contributed by atoms with Crippen LogP contribution in [0.4, 0.5) is 4.79 Å². The molecule has 1 saturated heterocycles. The maximum absolute atomic E-state index is 12.2. The molecule has 1 aromatic carbocycles. The van der Waals surface area contributed by atoms with Gasteiger partial charge in [-0.1, -0.05) is 24.3 Å². The number of benzene rings is 1. The highest BCUT2D eigenvalue weighted by molar-refractivity contribution is 5.69. The van der Waals surface area contributed by atoms with Gasteiger partial charge in [-0.05, 0) is 57.2 Å². The number of amides is 1. The van der Waals surface area contributed by atoms with Crippen molar-refractivity contribution < 1.29 is 19.4 Å². The molecule has 2 heterocycles. The second kappa shape index (κ2) is 9.27. The predicted molar refractivity (Wildman–Crippen MR) is 112 cm³/mol. The molecule has 2 aromatic rings. The van der Waals surface area contributed by atoms with Crippen LogP contribution in [0.2, 0.25) is 0 Å². The summed E-state index contributed by atoms with van der Waals surface area (Å²) < 4.78 is 11.4. The Bertz CT molecular complexity index is 814. The second-order valence-electron chi connectivity index (χ2n) is 8.36. The number of aromatic nitrogens is 1. The molecule has 1 aromatic heterocycles. The zero-order chi connectivity index (χ0) is 20.9. The Labute approximate surface area is 172 Å². The first-order valence-electron chi connectivity index (χ1n) is 10.1. The first kappa shape index (κ1) is 21.1. The molecule has 0 radical (unpaired) electrons. The number of likely N-dealkylation sites (tertiary alicyclic amines) is 1. The van der Waals surface area contributed by atoms with Crippen molar-refractivity contribution in [1.82, 2.24) is 9.88 Å². The van der Waals surface area contributed by atoms with Gasteiger partial charge in [-0.2, -0.15) is 0 Å². The highest BCUT2D eigenvalue weighted by Gasteiger charge is 2.35. The standard InChI is InChI=1S/C23H30N2O4/c1-23(2,3)29-22(27)25-11-10-20(25)16-28-21-13-19(14-24-15-21)18-8-6-17(7-9-18)5-4-12-26/h6-9,13-15,20,26H,4-5,10-12,16H2,1-3H3. The van der Waals surface area contributed by atoms with Crippen molar-refractivity contribution in [3.8, 4) is 16.9 Å². The summed E-state index contributed by atoms with van der Waals surface area (Å²) in [4.78, 5) is 18.2. The Kier molecular flexibility index (Phi) is 6.75. The molecule has 0 aliphatic carbocycles. The van der Waals surface area contributed by atoms with E-state index in [0.29, 0.717) is 18.9 Å². The normalized spacial score (nSPS) is 16.3. The van der Waals surface area contributed by atoms with Crippen LogP contribution in [0.5, 0.6) is 5.75 Å². The van der Waals surface area contributed by atoms with E-state index < -0.39 is 5.60 Å². The van der Waals surface area contributed by atoms with E-state index in [1.165, 1.54) is 5.56 Å². The molecular weight excluding hydrogens is 368 g/mol. The first-order valence-corrected chi connectivity index (χ1v) is 10.1. The number of ether oxygens (including phenoxy) is 2. The minimum Gasteiger partial charge on any atom is -0.490 e. The molecule has 6 heteroatoms. The predicted octanol–water partition coefficient (Wildman–Crippen LogP) is 4.06. The highest BCUT2D eigenvalue weighted by Crippen LogP contribution is 2.25. The van der Waals surface area contributed by atoms with Crippen LogP contribution in [0.25, 0.3) is 11.1 Å². The van der Waals surface area contributed by atoms with Gasteiger partial charge < -0.3 is 19.5 Å². The van der Waals surface area contributed by atoms with Crippen molar-refractivity contribution >= 4 is 6.09 Å². The molecule has 1 unspecified atom stereocenters. The zero-order valence-corrected chi connectivity index (χ0v) is 17.4. The molecule has 1 fully saturated rings. The Morgan fingerprint density at radius 3 is 2.59 bits per heavy atom. The van der Waals surface area contributed by atoms with Gasteiger partial charge in [-0.25, -0.2) is 4.79 Å². The lowest BCUT2D eigenvalue weighted by molar-refractivity contribution is -0.0141. The van der Waals surface area contributed by atoms with Crippen molar-refractivity contribution in [3.63, 3.8) is 0 Å². The number of aryl methyl sites for hydroxylation is 1. The van der Waals surface area contributed by atoms with Crippen molar-refractivity contribution in [2.75, 3.05) is 19.8 Å². The molecule has 6 nitrogen and oxygen atoms in total. The number of rotatable bonds is 7. The fourth-order valence-corrected chi connectivity index (χ4v) is 3.17. The van der Waals surface area contributed by atoms with Crippen LogP contribution in [0.15, 0.2) is 42.7 Å². The third-order valence-corrected chi connectivity index (χ3v) is 4.84. The molecule has 29 heavy (non-hydrogen) atoms. The topological polar surface area (TPSA) is 71.9 Å².